The van der Waals surface area contributed by atoms with Crippen molar-refractivity contribution < 1.29 is 9.21 Å². The van der Waals surface area contributed by atoms with E-state index in [9.17, 15) is 4.79 Å². The van der Waals surface area contributed by atoms with Gasteiger partial charge >= 0.3 is 0 Å². The van der Waals surface area contributed by atoms with Gasteiger partial charge in [0.05, 0.1) is 0 Å². The summed E-state index contributed by atoms with van der Waals surface area (Å²) in [6, 6.07) is 3.64. The molecule has 1 aromatic rings. The van der Waals surface area contributed by atoms with Crippen LogP contribution in [0.1, 0.15) is 48.4 Å². The fraction of sp³-hybridized carbons (Fsp3) is 0.538. The van der Waals surface area contributed by atoms with Crippen LogP contribution >= 0.6 is 0 Å². The first kappa shape index (κ1) is 13.5. The van der Waals surface area contributed by atoms with Gasteiger partial charge in [0.2, 0.25) is 0 Å². The van der Waals surface area contributed by atoms with Gasteiger partial charge in [0.15, 0.2) is 11.7 Å². The van der Waals surface area contributed by atoms with Crippen molar-refractivity contribution in [2.24, 2.45) is 16.5 Å². The van der Waals surface area contributed by atoms with Crippen LogP contribution in [-0.2, 0) is 6.54 Å². The molecule has 104 valence electrons. The molecule has 0 radical (unpaired) electrons. The second-order valence-electron chi connectivity index (χ2n) is 4.81. The minimum Gasteiger partial charge on any atom is -0.454 e. The zero-order valence-electron chi connectivity index (χ0n) is 10.9. The Morgan fingerprint density at radius 3 is 2.68 bits per heavy atom. The third-order valence-electron chi connectivity index (χ3n) is 3.27. The third kappa shape index (κ3) is 4.01. The number of hydrogen-bond acceptors (Lipinski definition) is 3. The van der Waals surface area contributed by atoms with Gasteiger partial charge in [0.25, 0.3) is 5.91 Å². The summed E-state index contributed by atoms with van der Waals surface area (Å²) in [5, 5.41) is 3.21. The Balaban J connectivity index is 1.84. The molecule has 5 N–H and O–H groups in total. The van der Waals surface area contributed by atoms with E-state index in [4.69, 9.17) is 15.9 Å². The number of furan rings is 1. The molecule has 6 nitrogen and oxygen atoms in total. The van der Waals surface area contributed by atoms with E-state index in [0.717, 1.165) is 12.8 Å². The maximum Gasteiger partial charge on any atom is 0.284 e. The maximum absolute atomic E-state index is 10.9. The lowest BCUT2D eigenvalue weighted by Gasteiger charge is -2.23. The van der Waals surface area contributed by atoms with Gasteiger partial charge in [-0.1, -0.05) is 19.3 Å². The number of aliphatic imine (C=N–C) groups is 1. The first-order valence-corrected chi connectivity index (χ1v) is 6.60. The average molecular weight is 264 g/mol. The lowest BCUT2D eigenvalue weighted by atomic mass is 9.96. The summed E-state index contributed by atoms with van der Waals surface area (Å²) in [5.74, 6) is 0.554. The van der Waals surface area contributed by atoms with Crippen molar-refractivity contribution in [3.8, 4) is 0 Å². The van der Waals surface area contributed by atoms with Crippen molar-refractivity contribution >= 4 is 11.9 Å². The van der Waals surface area contributed by atoms with Crippen LogP contribution in [0.15, 0.2) is 21.5 Å². The molecule has 1 saturated carbocycles. The lowest BCUT2D eigenvalue weighted by molar-refractivity contribution is 0.0972. The van der Waals surface area contributed by atoms with E-state index in [-0.39, 0.29) is 5.76 Å². The average Bonchev–Trinajstić information content (AvgIpc) is 2.86. The number of amides is 1. The summed E-state index contributed by atoms with van der Waals surface area (Å²) in [6.45, 7) is 0.304. The van der Waals surface area contributed by atoms with Crippen LogP contribution in [0.5, 0.6) is 0 Å². The molecule has 0 atom stereocenters. The number of carbonyl (C=O) groups is 1. The topological polar surface area (TPSA) is 107 Å². The first-order chi connectivity index (χ1) is 9.15. The van der Waals surface area contributed by atoms with Crippen LogP contribution in [-0.4, -0.2) is 17.9 Å². The molecule has 1 aliphatic carbocycles. The molecule has 0 unspecified atom stereocenters. The molecule has 2 rings (SSSR count). The highest BCUT2D eigenvalue weighted by atomic mass is 16.3. The number of nitrogens with zero attached hydrogens (tertiary/aromatic N) is 1. The van der Waals surface area contributed by atoms with Crippen molar-refractivity contribution in [2.45, 2.75) is 44.7 Å². The monoisotopic (exact) mass is 264 g/mol. The first-order valence-electron chi connectivity index (χ1n) is 6.60. The van der Waals surface area contributed by atoms with E-state index in [1.54, 1.807) is 6.07 Å². The molecule has 1 fully saturated rings. The van der Waals surface area contributed by atoms with Gasteiger partial charge in [-0.2, -0.15) is 0 Å². The van der Waals surface area contributed by atoms with Crippen LogP contribution in [0, 0.1) is 0 Å². The lowest BCUT2D eigenvalue weighted by Crippen LogP contribution is -2.41. The predicted octanol–water partition coefficient (Wildman–Crippen LogP) is 1.12. The molecule has 1 aliphatic rings. The van der Waals surface area contributed by atoms with Gasteiger partial charge in [0.1, 0.15) is 12.3 Å². The van der Waals surface area contributed by atoms with E-state index in [1.165, 1.54) is 25.3 Å². The normalized spacial score (nSPS) is 17.4. The maximum atomic E-state index is 10.9. The van der Waals surface area contributed by atoms with Gasteiger partial charge in [0, 0.05) is 6.04 Å². The number of nitrogens with one attached hydrogen (secondary N) is 1. The number of nitrogens with two attached hydrogens (primary N) is 2. The number of guanidine groups is 1. The molecule has 0 aliphatic heterocycles. The molecule has 1 aromatic heterocycles. The van der Waals surface area contributed by atoms with Gasteiger partial charge < -0.3 is 21.2 Å². The molecule has 0 saturated heterocycles. The number of primary amides is 1. The van der Waals surface area contributed by atoms with Crippen LogP contribution in [0.3, 0.4) is 0 Å². The Labute approximate surface area is 112 Å². The Bertz CT molecular complexity index is 461. The predicted molar refractivity (Wildman–Crippen MR) is 72.6 cm³/mol. The Morgan fingerprint density at radius 1 is 1.32 bits per heavy atom. The second kappa shape index (κ2) is 6.26. The third-order valence-corrected chi connectivity index (χ3v) is 3.27. The number of hydrogen-bond donors (Lipinski definition) is 3. The highest BCUT2D eigenvalue weighted by Crippen LogP contribution is 2.17. The fourth-order valence-corrected chi connectivity index (χ4v) is 2.26. The van der Waals surface area contributed by atoms with Gasteiger partial charge in [-0.05, 0) is 25.0 Å². The van der Waals surface area contributed by atoms with Crippen molar-refractivity contribution in [3.05, 3.63) is 23.7 Å². The standard InChI is InChI=1S/C13H20N4O2/c14-12(18)11-7-6-10(19-11)8-16-13(15)17-9-4-2-1-3-5-9/h6-7,9H,1-5,8H2,(H2,14,18)(H3,15,16,17). The van der Waals surface area contributed by atoms with Crippen LogP contribution in [0.25, 0.3) is 0 Å². The molecule has 0 aromatic carbocycles. The molecular weight excluding hydrogens is 244 g/mol. The van der Waals surface area contributed by atoms with Crippen LogP contribution < -0.4 is 16.8 Å². The zero-order valence-corrected chi connectivity index (χ0v) is 10.9. The molecular formula is C13H20N4O2. The minimum atomic E-state index is -0.580. The van der Waals surface area contributed by atoms with E-state index < -0.39 is 5.91 Å². The summed E-state index contributed by atoms with van der Waals surface area (Å²) in [6.07, 6.45) is 6.07. The summed E-state index contributed by atoms with van der Waals surface area (Å²) in [5.41, 5.74) is 10.9. The summed E-state index contributed by atoms with van der Waals surface area (Å²) in [4.78, 5) is 15.1. The van der Waals surface area contributed by atoms with Crippen molar-refractivity contribution in [1.29, 1.82) is 0 Å². The van der Waals surface area contributed by atoms with Gasteiger partial charge in [-0.3, -0.25) is 4.79 Å². The van der Waals surface area contributed by atoms with E-state index in [0.29, 0.717) is 24.3 Å². The van der Waals surface area contributed by atoms with E-state index in [2.05, 4.69) is 10.3 Å². The molecule has 0 spiro atoms. The highest BCUT2D eigenvalue weighted by molar-refractivity contribution is 5.89. The zero-order chi connectivity index (χ0) is 13.7. The minimum absolute atomic E-state index is 0.143. The fourth-order valence-electron chi connectivity index (χ4n) is 2.26. The highest BCUT2D eigenvalue weighted by Gasteiger charge is 2.13. The quantitative estimate of drug-likeness (QED) is 0.559. The molecule has 19 heavy (non-hydrogen) atoms. The molecule has 1 heterocycles. The second-order valence-corrected chi connectivity index (χ2v) is 4.81. The summed E-state index contributed by atoms with van der Waals surface area (Å²) in [7, 11) is 0. The van der Waals surface area contributed by atoms with Crippen molar-refractivity contribution in [3.63, 3.8) is 0 Å². The van der Waals surface area contributed by atoms with Crippen LogP contribution in [0.4, 0.5) is 0 Å². The van der Waals surface area contributed by atoms with Crippen molar-refractivity contribution in [1.82, 2.24) is 5.32 Å². The van der Waals surface area contributed by atoms with Gasteiger partial charge in [-0.15, -0.1) is 0 Å². The number of rotatable bonds is 4. The number of carbonyl (C=O) groups excluding carboxylic acids is 1. The van der Waals surface area contributed by atoms with E-state index >= 15 is 0 Å². The summed E-state index contributed by atoms with van der Waals surface area (Å²) >= 11 is 0. The Kier molecular flexibility index (Phi) is 4.43. The van der Waals surface area contributed by atoms with E-state index in [1.807, 2.05) is 0 Å². The SMILES string of the molecule is NC(=O)c1ccc(CN=C(N)NC2CCCCC2)o1. The largest absolute Gasteiger partial charge is 0.454 e. The Morgan fingerprint density at radius 2 is 2.05 bits per heavy atom. The Hall–Kier alpha value is -1.98. The smallest absolute Gasteiger partial charge is 0.284 e. The summed E-state index contributed by atoms with van der Waals surface area (Å²) < 4.78 is 5.22. The van der Waals surface area contributed by atoms with Gasteiger partial charge in [-0.25, -0.2) is 4.99 Å². The molecule has 6 heteroatoms. The van der Waals surface area contributed by atoms with Crippen LogP contribution in [0.2, 0.25) is 0 Å². The van der Waals surface area contributed by atoms with Crippen molar-refractivity contribution in [2.75, 3.05) is 0 Å². The molecule has 1 amide bonds. The molecule has 0 bridgehead atoms.